The first-order valence-corrected chi connectivity index (χ1v) is 6.19. The van der Waals surface area contributed by atoms with Gasteiger partial charge in [0.25, 0.3) is 0 Å². The van der Waals surface area contributed by atoms with Crippen molar-refractivity contribution < 1.29 is 9.90 Å². The second-order valence-electron chi connectivity index (χ2n) is 4.50. The molecule has 0 spiro atoms. The highest BCUT2D eigenvalue weighted by Gasteiger charge is 2.10. The average Bonchev–Trinajstić information content (AvgIpc) is 2.77. The fourth-order valence-corrected chi connectivity index (χ4v) is 1.88. The highest BCUT2D eigenvalue weighted by atomic mass is 16.3. The molecule has 1 unspecified atom stereocenters. The van der Waals surface area contributed by atoms with Gasteiger partial charge in [-0.3, -0.25) is 4.79 Å². The molecule has 0 saturated heterocycles. The number of nitrogens with zero attached hydrogens (tertiary/aromatic N) is 1. The lowest BCUT2D eigenvalue weighted by Gasteiger charge is -2.09. The number of aryl methyl sites for hydroxylation is 1. The Bertz CT molecular complexity index is 579. The van der Waals surface area contributed by atoms with Crippen LogP contribution in [0, 0.1) is 6.92 Å². The molecule has 102 valence electrons. The van der Waals surface area contributed by atoms with Crippen molar-refractivity contribution in [3.8, 4) is 0 Å². The molecule has 2 aromatic rings. The van der Waals surface area contributed by atoms with Crippen LogP contribution < -0.4 is 11.1 Å². The van der Waals surface area contributed by atoms with Crippen LogP contribution in [0.15, 0.2) is 18.2 Å². The summed E-state index contributed by atoms with van der Waals surface area (Å²) < 4.78 is 0. The Morgan fingerprint density at radius 3 is 3.11 bits per heavy atom. The van der Waals surface area contributed by atoms with Crippen molar-refractivity contribution in [1.29, 1.82) is 0 Å². The summed E-state index contributed by atoms with van der Waals surface area (Å²) in [6, 6.07) is 5.11. The highest BCUT2D eigenvalue weighted by Crippen LogP contribution is 2.13. The summed E-state index contributed by atoms with van der Waals surface area (Å²) in [6.45, 7) is 2.06. The molecule has 1 aromatic heterocycles. The second-order valence-corrected chi connectivity index (χ2v) is 4.50. The number of amides is 1. The summed E-state index contributed by atoms with van der Waals surface area (Å²) in [5, 5.41) is 11.4. The maximum absolute atomic E-state index is 11.4. The van der Waals surface area contributed by atoms with Gasteiger partial charge in [-0.2, -0.15) is 0 Å². The molecular weight excluding hydrogens is 244 g/mol. The first kappa shape index (κ1) is 13.5. The monoisotopic (exact) mass is 262 g/mol. The molecule has 1 atom stereocenters. The third-order valence-electron chi connectivity index (χ3n) is 2.91. The van der Waals surface area contributed by atoms with E-state index in [0.29, 0.717) is 13.0 Å². The number of aromatic amines is 1. The first-order valence-electron chi connectivity index (χ1n) is 6.19. The molecule has 0 radical (unpaired) electrons. The van der Waals surface area contributed by atoms with Crippen molar-refractivity contribution in [3.05, 3.63) is 29.6 Å². The van der Waals surface area contributed by atoms with Gasteiger partial charge >= 0.3 is 0 Å². The predicted molar refractivity (Wildman–Crippen MR) is 72.6 cm³/mol. The largest absolute Gasteiger partial charge is 0.394 e. The first-order chi connectivity index (χ1) is 9.10. The number of fused-ring (bicyclic) bond motifs is 1. The minimum atomic E-state index is -0.849. The molecule has 0 saturated carbocycles. The zero-order valence-electron chi connectivity index (χ0n) is 10.8. The standard InChI is InChI=1S/C13H18N4O2/c1-8-16-11-3-2-9(6-12(11)17-8)4-5-15-13(19)10(14)7-18/h2-3,6,10,18H,4-5,7,14H2,1H3,(H,15,19)(H,16,17). The van der Waals surface area contributed by atoms with Gasteiger partial charge in [0, 0.05) is 6.54 Å². The van der Waals surface area contributed by atoms with Gasteiger partial charge in [0.2, 0.25) is 5.91 Å². The summed E-state index contributed by atoms with van der Waals surface area (Å²) in [5.74, 6) is 0.551. The summed E-state index contributed by atoms with van der Waals surface area (Å²) in [4.78, 5) is 18.9. The molecule has 1 aromatic carbocycles. The number of hydrogen-bond donors (Lipinski definition) is 4. The Hall–Kier alpha value is -1.92. The topological polar surface area (TPSA) is 104 Å². The molecule has 1 heterocycles. The zero-order valence-corrected chi connectivity index (χ0v) is 10.8. The normalized spacial score (nSPS) is 12.6. The third-order valence-corrected chi connectivity index (χ3v) is 2.91. The van der Waals surface area contributed by atoms with Gasteiger partial charge in [-0.1, -0.05) is 6.07 Å². The SMILES string of the molecule is Cc1nc2ccc(CCNC(=O)C(N)CO)cc2[nH]1. The van der Waals surface area contributed by atoms with E-state index >= 15 is 0 Å². The minimum absolute atomic E-state index is 0.332. The molecule has 0 aliphatic heterocycles. The van der Waals surface area contributed by atoms with Crippen molar-refractivity contribution in [2.45, 2.75) is 19.4 Å². The maximum Gasteiger partial charge on any atom is 0.239 e. The number of hydrogen-bond acceptors (Lipinski definition) is 4. The van der Waals surface area contributed by atoms with Crippen LogP contribution in [0.2, 0.25) is 0 Å². The predicted octanol–water partition coefficient (Wildman–Crippen LogP) is -0.150. The third kappa shape index (κ3) is 3.30. The fourth-order valence-electron chi connectivity index (χ4n) is 1.88. The quantitative estimate of drug-likeness (QED) is 0.601. The lowest BCUT2D eigenvalue weighted by atomic mass is 10.1. The molecule has 6 heteroatoms. The van der Waals surface area contributed by atoms with Crippen LogP contribution in [0.3, 0.4) is 0 Å². The number of benzene rings is 1. The number of H-pyrrole nitrogens is 1. The Kier molecular flexibility index (Phi) is 4.13. The highest BCUT2D eigenvalue weighted by molar-refractivity contribution is 5.81. The molecule has 1 amide bonds. The molecule has 6 nitrogen and oxygen atoms in total. The van der Waals surface area contributed by atoms with E-state index in [1.165, 1.54) is 0 Å². The van der Waals surface area contributed by atoms with Crippen molar-refractivity contribution >= 4 is 16.9 Å². The number of carbonyl (C=O) groups is 1. The van der Waals surface area contributed by atoms with Crippen molar-refractivity contribution in [1.82, 2.24) is 15.3 Å². The number of nitrogens with two attached hydrogens (primary N) is 1. The van der Waals surface area contributed by atoms with Gasteiger partial charge in [-0.15, -0.1) is 0 Å². The number of aromatic nitrogens is 2. The van der Waals surface area contributed by atoms with Crippen LogP contribution in [0.1, 0.15) is 11.4 Å². The number of carbonyl (C=O) groups excluding carboxylic acids is 1. The van der Waals surface area contributed by atoms with Crippen LogP contribution in [0.25, 0.3) is 11.0 Å². The molecule has 2 rings (SSSR count). The summed E-state index contributed by atoms with van der Waals surface area (Å²) in [5.41, 5.74) is 8.43. The molecule has 19 heavy (non-hydrogen) atoms. The van der Waals surface area contributed by atoms with Crippen LogP contribution in [-0.4, -0.2) is 40.2 Å². The molecule has 5 N–H and O–H groups in total. The van der Waals surface area contributed by atoms with E-state index in [-0.39, 0.29) is 12.5 Å². The number of imidazole rings is 1. The van der Waals surface area contributed by atoms with Crippen molar-refractivity contribution in [2.24, 2.45) is 5.73 Å². The summed E-state index contributed by atoms with van der Waals surface area (Å²) in [7, 11) is 0. The van der Waals surface area contributed by atoms with E-state index in [4.69, 9.17) is 10.8 Å². The van der Waals surface area contributed by atoms with Gasteiger partial charge < -0.3 is 21.1 Å². The Balaban J connectivity index is 1.92. The van der Waals surface area contributed by atoms with Crippen LogP contribution in [0.4, 0.5) is 0 Å². The van der Waals surface area contributed by atoms with Gasteiger partial charge in [-0.05, 0) is 31.0 Å². The van der Waals surface area contributed by atoms with Crippen LogP contribution >= 0.6 is 0 Å². The van der Waals surface area contributed by atoms with E-state index in [1.54, 1.807) is 0 Å². The van der Waals surface area contributed by atoms with E-state index in [9.17, 15) is 4.79 Å². The Morgan fingerprint density at radius 1 is 1.58 bits per heavy atom. The zero-order chi connectivity index (χ0) is 13.8. The molecule has 0 bridgehead atoms. The summed E-state index contributed by atoms with van der Waals surface area (Å²) >= 11 is 0. The molecule has 0 fully saturated rings. The Morgan fingerprint density at radius 2 is 2.37 bits per heavy atom. The number of nitrogens with one attached hydrogen (secondary N) is 2. The van der Waals surface area contributed by atoms with Gasteiger partial charge in [-0.25, -0.2) is 4.98 Å². The number of aliphatic hydroxyl groups excluding tert-OH is 1. The fraction of sp³-hybridized carbons (Fsp3) is 0.385. The van der Waals surface area contributed by atoms with Crippen LogP contribution in [-0.2, 0) is 11.2 Å². The minimum Gasteiger partial charge on any atom is -0.394 e. The molecule has 0 aliphatic rings. The lowest BCUT2D eigenvalue weighted by Crippen LogP contribution is -2.43. The summed E-state index contributed by atoms with van der Waals surface area (Å²) in [6.07, 6.45) is 0.706. The van der Waals surface area contributed by atoms with Gasteiger partial charge in [0.15, 0.2) is 0 Å². The lowest BCUT2D eigenvalue weighted by molar-refractivity contribution is -0.123. The molecule has 0 aliphatic carbocycles. The van der Waals surface area contributed by atoms with Gasteiger partial charge in [0.1, 0.15) is 11.9 Å². The van der Waals surface area contributed by atoms with Crippen molar-refractivity contribution in [2.75, 3.05) is 13.2 Å². The van der Waals surface area contributed by atoms with E-state index in [0.717, 1.165) is 22.4 Å². The van der Waals surface area contributed by atoms with Crippen LogP contribution in [0.5, 0.6) is 0 Å². The second kappa shape index (κ2) is 5.81. The Labute approximate surface area is 111 Å². The maximum atomic E-state index is 11.4. The number of rotatable bonds is 5. The van der Waals surface area contributed by atoms with E-state index < -0.39 is 6.04 Å². The van der Waals surface area contributed by atoms with E-state index in [2.05, 4.69) is 15.3 Å². The number of aliphatic hydroxyl groups is 1. The van der Waals surface area contributed by atoms with E-state index in [1.807, 2.05) is 25.1 Å². The average molecular weight is 262 g/mol. The smallest absolute Gasteiger partial charge is 0.239 e. The van der Waals surface area contributed by atoms with Crippen molar-refractivity contribution in [3.63, 3.8) is 0 Å². The van der Waals surface area contributed by atoms with Gasteiger partial charge in [0.05, 0.1) is 17.6 Å². The molecular formula is C13H18N4O2.